The molecule has 1 unspecified atom stereocenters. The SMILES string of the molecule is CCC(=O)c1ccc(Br)cn1.CCC(O)c1ccc(Br)cn1.[B].[H-].[Na+]. The molecule has 0 aromatic carbocycles. The van der Waals surface area contributed by atoms with Crippen LogP contribution in [0.2, 0.25) is 0 Å². The number of aromatic nitrogens is 2. The molecule has 0 aliphatic rings. The number of ketones is 1. The summed E-state index contributed by atoms with van der Waals surface area (Å²) in [6.45, 7) is 3.75. The van der Waals surface area contributed by atoms with Crippen LogP contribution in [0.5, 0.6) is 0 Å². The molecule has 123 valence electrons. The smallest absolute Gasteiger partial charge is 1.00 e. The number of hydrogen-bond acceptors (Lipinski definition) is 4. The van der Waals surface area contributed by atoms with Crippen LogP contribution in [0.25, 0.3) is 0 Å². The van der Waals surface area contributed by atoms with Gasteiger partial charge in [-0.1, -0.05) is 13.8 Å². The van der Waals surface area contributed by atoms with Gasteiger partial charge in [-0.25, -0.2) is 0 Å². The Kier molecular flexibility index (Phi) is 15.4. The Bertz CT molecular complexity index is 604. The average molecular weight is 465 g/mol. The third-order valence-electron chi connectivity index (χ3n) is 2.81. The topological polar surface area (TPSA) is 63.1 Å². The summed E-state index contributed by atoms with van der Waals surface area (Å²) in [6, 6.07) is 7.23. The summed E-state index contributed by atoms with van der Waals surface area (Å²) < 4.78 is 1.83. The van der Waals surface area contributed by atoms with Crippen molar-refractivity contribution in [1.29, 1.82) is 0 Å². The standard InChI is InChI=1S/C8H10BrNO.C8H8BrNO.B.Na.H/c2*1-2-8(11)7-4-3-6(9)5-10-7;;;/h3-5,8,11H,2H2,1H3;3-5H,2H2,1H3;;;/q;;;+1;-1. The van der Waals surface area contributed by atoms with E-state index in [2.05, 4.69) is 41.8 Å². The molecule has 0 aliphatic carbocycles. The van der Waals surface area contributed by atoms with Crippen LogP contribution in [0, 0.1) is 0 Å². The van der Waals surface area contributed by atoms with Crippen LogP contribution in [-0.4, -0.2) is 29.3 Å². The molecule has 2 aromatic rings. The van der Waals surface area contributed by atoms with Gasteiger partial charge in [-0.3, -0.25) is 14.8 Å². The maximum atomic E-state index is 11.0. The molecule has 1 atom stereocenters. The summed E-state index contributed by atoms with van der Waals surface area (Å²) in [6.07, 6.45) is 4.10. The zero-order valence-electron chi connectivity index (χ0n) is 15.0. The molecule has 2 aromatic heterocycles. The first-order chi connectivity index (χ1) is 10.5. The van der Waals surface area contributed by atoms with Gasteiger partial charge >= 0.3 is 29.6 Å². The number of hydrogen-bond donors (Lipinski definition) is 1. The zero-order chi connectivity index (χ0) is 16.5. The Hall–Kier alpha value is -0.0451. The number of carbonyl (C=O) groups is 1. The van der Waals surface area contributed by atoms with E-state index < -0.39 is 6.10 Å². The predicted octanol–water partition coefficient (Wildman–Crippen LogP) is 1.46. The van der Waals surface area contributed by atoms with Crippen LogP contribution in [0.4, 0.5) is 0 Å². The third kappa shape index (κ3) is 9.44. The number of aliphatic hydroxyl groups excluding tert-OH is 1. The maximum absolute atomic E-state index is 11.0. The van der Waals surface area contributed by atoms with Gasteiger partial charge in [0.15, 0.2) is 5.78 Å². The first-order valence-electron chi connectivity index (χ1n) is 6.92. The fourth-order valence-electron chi connectivity index (χ4n) is 1.52. The van der Waals surface area contributed by atoms with E-state index in [9.17, 15) is 9.90 Å². The molecule has 1 N–H and O–H groups in total. The van der Waals surface area contributed by atoms with Crippen LogP contribution in [0.1, 0.15) is 50.4 Å². The summed E-state index contributed by atoms with van der Waals surface area (Å²) in [5, 5.41) is 9.34. The normalized spacial score (nSPS) is 10.4. The van der Waals surface area contributed by atoms with Gasteiger partial charge in [0.05, 0.1) is 11.8 Å². The Morgan fingerprint density at radius 3 is 2.04 bits per heavy atom. The van der Waals surface area contributed by atoms with Crippen molar-refractivity contribution in [2.24, 2.45) is 0 Å². The molecule has 4 nitrogen and oxygen atoms in total. The molecular formula is C16H19BBr2N2NaO2. The van der Waals surface area contributed by atoms with E-state index in [0.29, 0.717) is 18.5 Å². The van der Waals surface area contributed by atoms with Crippen molar-refractivity contribution in [2.75, 3.05) is 0 Å². The predicted molar refractivity (Wildman–Crippen MR) is 101 cm³/mol. The minimum Gasteiger partial charge on any atom is -1.00 e. The van der Waals surface area contributed by atoms with E-state index in [1.165, 1.54) is 0 Å². The summed E-state index contributed by atoms with van der Waals surface area (Å²) >= 11 is 6.52. The number of Topliss-reactive ketones (excluding diaryl/α,β-unsaturated/α-hetero) is 1. The van der Waals surface area contributed by atoms with Crippen molar-refractivity contribution in [2.45, 2.75) is 32.8 Å². The molecule has 3 radical (unpaired) electrons. The summed E-state index contributed by atoms with van der Waals surface area (Å²) in [5.41, 5.74) is 1.27. The first kappa shape index (κ1) is 26.2. The van der Waals surface area contributed by atoms with Crippen molar-refractivity contribution in [3.05, 3.63) is 57.0 Å². The van der Waals surface area contributed by atoms with Gasteiger partial charge in [0.25, 0.3) is 0 Å². The second-order valence-corrected chi connectivity index (χ2v) is 6.30. The molecule has 0 saturated carbocycles. The van der Waals surface area contributed by atoms with Crippen molar-refractivity contribution in [3.63, 3.8) is 0 Å². The van der Waals surface area contributed by atoms with Crippen LogP contribution < -0.4 is 29.6 Å². The van der Waals surface area contributed by atoms with Crippen molar-refractivity contribution in [1.82, 2.24) is 9.97 Å². The van der Waals surface area contributed by atoms with Gasteiger partial charge in [0.2, 0.25) is 0 Å². The molecule has 8 heteroatoms. The van der Waals surface area contributed by atoms with E-state index in [1.54, 1.807) is 18.5 Å². The maximum Gasteiger partial charge on any atom is 1.00 e. The molecule has 0 saturated heterocycles. The van der Waals surface area contributed by atoms with Gasteiger partial charge < -0.3 is 6.53 Å². The van der Waals surface area contributed by atoms with Crippen LogP contribution in [0.3, 0.4) is 0 Å². The van der Waals surface area contributed by atoms with Gasteiger partial charge in [-0.15, -0.1) is 0 Å². The van der Waals surface area contributed by atoms with Crippen LogP contribution >= 0.6 is 31.9 Å². The van der Waals surface area contributed by atoms with Crippen LogP contribution in [-0.2, 0) is 0 Å². The molecule has 24 heavy (non-hydrogen) atoms. The average Bonchev–Trinajstić information content (AvgIpc) is 2.55. The van der Waals surface area contributed by atoms with Gasteiger partial charge in [0.1, 0.15) is 5.69 Å². The minimum atomic E-state index is -0.428. The van der Waals surface area contributed by atoms with Crippen molar-refractivity contribution < 1.29 is 40.9 Å². The Balaban J connectivity index is -0.000000346. The molecular weight excluding hydrogens is 446 g/mol. The molecule has 2 heterocycles. The summed E-state index contributed by atoms with van der Waals surface area (Å²) in [7, 11) is 0. The van der Waals surface area contributed by atoms with Gasteiger partial charge in [-0.05, 0) is 62.5 Å². The second-order valence-electron chi connectivity index (χ2n) is 4.46. The molecule has 2 rings (SSSR count). The number of rotatable bonds is 4. The largest absolute Gasteiger partial charge is 1.00 e. The fraction of sp³-hybridized carbons (Fsp3) is 0.312. The van der Waals surface area contributed by atoms with Gasteiger partial charge in [-0.2, -0.15) is 0 Å². The Morgan fingerprint density at radius 2 is 1.67 bits per heavy atom. The number of carbonyl (C=O) groups excluding carboxylic acids is 1. The van der Waals surface area contributed by atoms with Gasteiger partial charge in [0, 0.05) is 36.2 Å². The molecule has 0 spiro atoms. The van der Waals surface area contributed by atoms with E-state index in [4.69, 9.17) is 0 Å². The molecule has 0 fully saturated rings. The third-order valence-corrected chi connectivity index (χ3v) is 3.75. The zero-order valence-corrected chi connectivity index (χ0v) is 19.2. The Labute approximate surface area is 185 Å². The van der Waals surface area contributed by atoms with Crippen molar-refractivity contribution >= 4 is 46.1 Å². The summed E-state index contributed by atoms with van der Waals surface area (Å²) in [4.78, 5) is 19.1. The monoisotopic (exact) mass is 463 g/mol. The number of halogens is 2. The first-order valence-corrected chi connectivity index (χ1v) is 8.50. The fourth-order valence-corrected chi connectivity index (χ4v) is 1.98. The van der Waals surface area contributed by atoms with E-state index in [1.807, 2.05) is 32.0 Å². The number of nitrogens with zero attached hydrogens (tertiary/aromatic N) is 2. The molecule has 0 amide bonds. The second kappa shape index (κ2) is 14.2. The Morgan fingerprint density at radius 1 is 1.12 bits per heavy atom. The quantitative estimate of drug-likeness (QED) is 0.549. The van der Waals surface area contributed by atoms with Crippen molar-refractivity contribution in [3.8, 4) is 0 Å². The molecule has 0 bridgehead atoms. The van der Waals surface area contributed by atoms with E-state index in [0.717, 1.165) is 14.6 Å². The van der Waals surface area contributed by atoms with E-state index in [-0.39, 0.29) is 45.2 Å². The van der Waals surface area contributed by atoms with E-state index >= 15 is 0 Å². The number of pyridine rings is 2. The number of aliphatic hydroxyl groups is 1. The van der Waals surface area contributed by atoms with Crippen LogP contribution in [0.15, 0.2) is 45.6 Å². The summed E-state index contributed by atoms with van der Waals surface area (Å²) in [5.74, 6) is 0.0810. The molecule has 0 aliphatic heterocycles. The minimum absolute atomic E-state index is 0.